The summed E-state index contributed by atoms with van der Waals surface area (Å²) in [5, 5.41) is 4.05. The lowest BCUT2D eigenvalue weighted by Gasteiger charge is -2.35. The number of carbonyl (C=O) groups excluding carboxylic acids is 1. The van der Waals surface area contributed by atoms with Gasteiger partial charge in [-0.05, 0) is 56.4 Å². The summed E-state index contributed by atoms with van der Waals surface area (Å²) in [6.07, 6.45) is 6.82. The fourth-order valence-corrected chi connectivity index (χ4v) is 3.73. The molecular weight excluding hydrogens is 345 g/mol. The molecule has 0 unspecified atom stereocenters. The number of hydrogen-bond donors (Lipinski definition) is 0. The zero-order valence-electron chi connectivity index (χ0n) is 16.2. The molecule has 1 fully saturated rings. The highest BCUT2D eigenvalue weighted by Crippen LogP contribution is 2.33. The average Bonchev–Trinajstić information content (AvgIpc) is 3.19. The van der Waals surface area contributed by atoms with Crippen LogP contribution in [0.2, 0.25) is 0 Å². The van der Waals surface area contributed by atoms with Crippen molar-refractivity contribution in [3.05, 3.63) is 36.0 Å². The summed E-state index contributed by atoms with van der Waals surface area (Å²) in [6.45, 7) is 4.97. The molecule has 1 aromatic carbocycles. The normalized spacial score (nSPS) is 18.5. The lowest BCUT2D eigenvalue weighted by molar-refractivity contribution is -0.140. The van der Waals surface area contributed by atoms with Crippen LogP contribution in [0.1, 0.15) is 70.7 Å². The number of rotatable bonds is 7. The van der Waals surface area contributed by atoms with Crippen molar-refractivity contribution in [3.8, 4) is 11.4 Å². The Hall–Kier alpha value is -2.24. The highest BCUT2D eigenvalue weighted by atomic mass is 19.1. The number of likely N-dealkylation sites (tertiary alicyclic amines) is 1. The van der Waals surface area contributed by atoms with Gasteiger partial charge in [0.25, 0.3) is 0 Å². The summed E-state index contributed by atoms with van der Waals surface area (Å²) in [7, 11) is 0. The van der Waals surface area contributed by atoms with E-state index in [1.165, 1.54) is 12.1 Å². The lowest BCUT2D eigenvalue weighted by Crippen LogP contribution is -2.42. The van der Waals surface area contributed by atoms with Gasteiger partial charge in [0.05, 0.1) is 0 Å². The Morgan fingerprint density at radius 2 is 2.07 bits per heavy atom. The Morgan fingerprint density at radius 3 is 2.78 bits per heavy atom. The molecule has 0 N–H and O–H groups in total. The molecule has 1 aliphatic heterocycles. The maximum absolute atomic E-state index is 13.1. The predicted octanol–water partition coefficient (Wildman–Crippen LogP) is 5.15. The van der Waals surface area contributed by atoms with Gasteiger partial charge in [-0.1, -0.05) is 31.8 Å². The van der Waals surface area contributed by atoms with Crippen LogP contribution in [0.15, 0.2) is 28.8 Å². The van der Waals surface area contributed by atoms with Crippen molar-refractivity contribution in [2.45, 2.75) is 64.8 Å². The second kappa shape index (κ2) is 9.11. The first-order valence-corrected chi connectivity index (χ1v) is 10.0. The second-order valence-corrected chi connectivity index (χ2v) is 7.25. The first-order chi connectivity index (χ1) is 13.1. The number of halogens is 1. The number of piperidine rings is 1. The molecule has 1 saturated heterocycles. The van der Waals surface area contributed by atoms with Crippen LogP contribution in [0.3, 0.4) is 0 Å². The van der Waals surface area contributed by atoms with Crippen LogP contribution in [-0.4, -0.2) is 27.5 Å². The van der Waals surface area contributed by atoms with Crippen molar-refractivity contribution >= 4 is 5.91 Å². The fourth-order valence-electron chi connectivity index (χ4n) is 3.73. The van der Waals surface area contributed by atoms with Crippen molar-refractivity contribution in [3.63, 3.8) is 0 Å². The maximum Gasteiger partial charge on any atom is 0.249 e. The molecule has 5 nitrogen and oxygen atoms in total. The number of unbranched alkanes of at least 4 members (excludes halogenated alkanes) is 1. The van der Waals surface area contributed by atoms with Gasteiger partial charge in [-0.25, -0.2) is 4.39 Å². The molecule has 6 heteroatoms. The van der Waals surface area contributed by atoms with Crippen LogP contribution in [0.4, 0.5) is 4.39 Å². The Balaban J connectivity index is 1.79. The van der Waals surface area contributed by atoms with Gasteiger partial charge in [-0.15, -0.1) is 0 Å². The van der Waals surface area contributed by atoms with Crippen LogP contribution in [-0.2, 0) is 4.79 Å². The van der Waals surface area contributed by atoms with Gasteiger partial charge in [0.1, 0.15) is 11.9 Å². The Bertz CT molecular complexity index is 744. The third kappa shape index (κ3) is 4.54. The Kier molecular flexibility index (Phi) is 6.58. The van der Waals surface area contributed by atoms with E-state index in [9.17, 15) is 9.18 Å². The highest BCUT2D eigenvalue weighted by Gasteiger charge is 2.34. The van der Waals surface area contributed by atoms with Crippen LogP contribution in [0.5, 0.6) is 0 Å². The molecule has 2 atom stereocenters. The molecule has 1 aliphatic rings. The molecule has 0 radical (unpaired) electrons. The average molecular weight is 373 g/mol. The predicted molar refractivity (Wildman–Crippen MR) is 101 cm³/mol. The maximum atomic E-state index is 13.1. The number of benzene rings is 1. The van der Waals surface area contributed by atoms with Gasteiger partial charge in [-0.2, -0.15) is 4.98 Å². The minimum Gasteiger partial charge on any atom is -0.337 e. The van der Waals surface area contributed by atoms with Gasteiger partial charge in [-0.3, -0.25) is 4.79 Å². The summed E-state index contributed by atoms with van der Waals surface area (Å²) in [4.78, 5) is 19.6. The van der Waals surface area contributed by atoms with Crippen LogP contribution in [0, 0.1) is 11.7 Å². The molecule has 1 amide bonds. The molecule has 0 spiro atoms. The number of aromatic nitrogens is 2. The number of amides is 1. The minimum atomic E-state index is -0.302. The van der Waals surface area contributed by atoms with Crippen molar-refractivity contribution in [2.75, 3.05) is 6.54 Å². The summed E-state index contributed by atoms with van der Waals surface area (Å²) in [6, 6.07) is 5.85. The molecule has 2 aromatic rings. The molecule has 3 rings (SSSR count). The molecule has 0 saturated carbocycles. The first-order valence-electron chi connectivity index (χ1n) is 10.0. The summed E-state index contributed by atoms with van der Waals surface area (Å²) < 4.78 is 18.6. The largest absolute Gasteiger partial charge is 0.337 e. The Morgan fingerprint density at radius 1 is 1.30 bits per heavy atom. The third-order valence-electron chi connectivity index (χ3n) is 5.36. The number of carbonyl (C=O) groups is 1. The van der Waals surface area contributed by atoms with Crippen molar-refractivity contribution < 1.29 is 13.7 Å². The van der Waals surface area contributed by atoms with Gasteiger partial charge in [0, 0.05) is 18.0 Å². The smallest absolute Gasteiger partial charge is 0.249 e. The summed E-state index contributed by atoms with van der Waals surface area (Å²) in [5.41, 5.74) is 0.703. The summed E-state index contributed by atoms with van der Waals surface area (Å²) in [5.74, 6) is 0.875. The van der Waals surface area contributed by atoms with E-state index in [1.54, 1.807) is 12.1 Å². The molecule has 27 heavy (non-hydrogen) atoms. The van der Waals surface area contributed by atoms with Gasteiger partial charge >= 0.3 is 0 Å². The molecule has 2 heterocycles. The van der Waals surface area contributed by atoms with Crippen LogP contribution < -0.4 is 0 Å². The van der Waals surface area contributed by atoms with E-state index in [0.717, 1.165) is 51.5 Å². The number of nitrogens with zero attached hydrogens (tertiary/aromatic N) is 3. The molecule has 1 aromatic heterocycles. The van der Waals surface area contributed by atoms with E-state index >= 15 is 0 Å². The molecule has 0 bridgehead atoms. The van der Waals surface area contributed by atoms with E-state index < -0.39 is 0 Å². The lowest BCUT2D eigenvalue weighted by atomic mass is 9.94. The Labute approximate surface area is 159 Å². The third-order valence-corrected chi connectivity index (χ3v) is 5.36. The van der Waals surface area contributed by atoms with Gasteiger partial charge < -0.3 is 9.42 Å². The molecule has 0 aliphatic carbocycles. The van der Waals surface area contributed by atoms with Gasteiger partial charge in [0.15, 0.2) is 0 Å². The highest BCUT2D eigenvalue weighted by molar-refractivity contribution is 5.79. The van der Waals surface area contributed by atoms with Crippen molar-refractivity contribution in [1.82, 2.24) is 15.0 Å². The first kappa shape index (κ1) is 19.5. The van der Waals surface area contributed by atoms with Crippen LogP contribution in [0.25, 0.3) is 11.4 Å². The van der Waals surface area contributed by atoms with Gasteiger partial charge in [0.2, 0.25) is 17.6 Å². The minimum absolute atomic E-state index is 0.0602. The topological polar surface area (TPSA) is 59.2 Å². The quantitative estimate of drug-likeness (QED) is 0.674. The van der Waals surface area contributed by atoms with Crippen molar-refractivity contribution in [1.29, 1.82) is 0 Å². The van der Waals surface area contributed by atoms with E-state index in [1.807, 2.05) is 4.90 Å². The number of hydrogen-bond acceptors (Lipinski definition) is 4. The van der Waals surface area contributed by atoms with E-state index in [4.69, 9.17) is 4.52 Å². The fraction of sp³-hybridized carbons (Fsp3) is 0.571. The monoisotopic (exact) mass is 373 g/mol. The standard InChI is InChI=1S/C21H28FN3O2/c1-3-5-8-15(4-2)21(26)25-14-7-6-9-18(25)20-23-19(24-27-20)16-10-12-17(22)13-11-16/h10-13,15,18H,3-9,14H2,1-2H3/t15-,18-/m1/s1. The van der Waals surface area contributed by atoms with Crippen LogP contribution >= 0.6 is 0 Å². The van der Waals surface area contributed by atoms with E-state index in [-0.39, 0.29) is 23.7 Å². The second-order valence-electron chi connectivity index (χ2n) is 7.25. The zero-order chi connectivity index (χ0) is 19.2. The molecule has 146 valence electrons. The van der Waals surface area contributed by atoms with Crippen molar-refractivity contribution in [2.24, 2.45) is 5.92 Å². The SMILES string of the molecule is CCCC[C@@H](CC)C(=O)N1CCCC[C@@H]1c1nc(-c2ccc(F)cc2)no1. The van der Waals surface area contributed by atoms with E-state index in [0.29, 0.717) is 17.3 Å². The zero-order valence-corrected chi connectivity index (χ0v) is 16.2. The summed E-state index contributed by atoms with van der Waals surface area (Å²) >= 11 is 0. The van der Waals surface area contributed by atoms with E-state index in [2.05, 4.69) is 24.0 Å². The molecular formula is C21H28FN3O2.